The van der Waals surface area contributed by atoms with Crippen LogP contribution in [-0.4, -0.2) is 36.4 Å². The van der Waals surface area contributed by atoms with E-state index in [9.17, 15) is 14.9 Å². The first-order valence-electron chi connectivity index (χ1n) is 5.40. The molecule has 0 spiro atoms. The molecule has 0 saturated heterocycles. The minimum absolute atomic E-state index is 0.0539. The lowest BCUT2D eigenvalue weighted by Gasteiger charge is -2.32. The summed E-state index contributed by atoms with van der Waals surface area (Å²) in [5.41, 5.74) is -0.252. The lowest BCUT2D eigenvalue weighted by molar-refractivity contribution is -0.493. The number of hydrogen-bond acceptors (Lipinski definition) is 3. The van der Waals surface area contributed by atoms with Gasteiger partial charge in [-0.1, -0.05) is 27.7 Å². The lowest BCUT2D eigenvalue weighted by Crippen LogP contribution is -2.41. The third kappa shape index (κ3) is 4.16. The van der Waals surface area contributed by atoms with Gasteiger partial charge in [-0.25, -0.2) is 0 Å². The Morgan fingerprint density at radius 3 is 2.06 bits per heavy atom. The van der Waals surface area contributed by atoms with Gasteiger partial charge >= 0.3 is 0 Å². The van der Waals surface area contributed by atoms with Crippen LogP contribution in [0.2, 0.25) is 0 Å². The summed E-state index contributed by atoms with van der Waals surface area (Å²) < 4.78 is 0. The summed E-state index contributed by atoms with van der Waals surface area (Å²) in [5, 5.41) is 10.6. The minimum atomic E-state index is -0.338. The molecule has 0 heterocycles. The number of nitrogens with zero attached hydrogens (tertiary/aromatic N) is 2. The van der Waals surface area contributed by atoms with E-state index in [-0.39, 0.29) is 34.6 Å². The van der Waals surface area contributed by atoms with E-state index in [0.29, 0.717) is 0 Å². The van der Waals surface area contributed by atoms with Gasteiger partial charge in [0.2, 0.25) is 12.5 Å². The van der Waals surface area contributed by atoms with Crippen molar-refractivity contribution in [2.24, 2.45) is 17.3 Å². The van der Waals surface area contributed by atoms with Gasteiger partial charge in [-0.3, -0.25) is 14.9 Å². The van der Waals surface area contributed by atoms with Crippen molar-refractivity contribution in [3.8, 4) is 0 Å². The summed E-state index contributed by atoms with van der Waals surface area (Å²) in [6, 6.07) is 0. The van der Waals surface area contributed by atoms with Gasteiger partial charge in [0.15, 0.2) is 0 Å². The summed E-state index contributed by atoms with van der Waals surface area (Å²) in [6.45, 7) is 7.40. The van der Waals surface area contributed by atoms with Gasteiger partial charge in [-0.05, 0) is 5.41 Å². The average Bonchev–Trinajstić information content (AvgIpc) is 2.09. The Balaban J connectivity index is 4.90. The summed E-state index contributed by atoms with van der Waals surface area (Å²) in [5.74, 6) is -0.639. The van der Waals surface area contributed by atoms with E-state index in [4.69, 9.17) is 0 Å². The summed E-state index contributed by atoms with van der Waals surface area (Å²) in [4.78, 5) is 23.6. The van der Waals surface area contributed by atoms with Crippen molar-refractivity contribution in [3.63, 3.8) is 0 Å². The van der Waals surface area contributed by atoms with Crippen molar-refractivity contribution in [2.75, 3.05) is 20.6 Å². The molecule has 16 heavy (non-hydrogen) atoms. The maximum absolute atomic E-state index is 11.8. The molecular weight excluding hydrogens is 208 g/mol. The minimum Gasteiger partial charge on any atom is -0.349 e. The zero-order valence-electron chi connectivity index (χ0n) is 11.0. The second-order valence-corrected chi connectivity index (χ2v) is 5.51. The second kappa shape index (κ2) is 5.27. The van der Waals surface area contributed by atoms with Crippen LogP contribution in [-0.2, 0) is 4.79 Å². The molecule has 0 aliphatic carbocycles. The van der Waals surface area contributed by atoms with E-state index in [1.165, 1.54) is 4.90 Å². The molecule has 0 bridgehead atoms. The fraction of sp³-hybridized carbons (Fsp3) is 0.909. The first kappa shape index (κ1) is 14.9. The van der Waals surface area contributed by atoms with Gasteiger partial charge < -0.3 is 4.90 Å². The van der Waals surface area contributed by atoms with Crippen LogP contribution in [0.4, 0.5) is 0 Å². The molecule has 2 unspecified atom stereocenters. The van der Waals surface area contributed by atoms with Gasteiger partial charge in [0.25, 0.3) is 0 Å². The van der Waals surface area contributed by atoms with Gasteiger partial charge in [0, 0.05) is 30.9 Å². The van der Waals surface area contributed by atoms with Crippen LogP contribution in [0.5, 0.6) is 0 Å². The number of hydrogen-bond donors (Lipinski definition) is 0. The highest BCUT2D eigenvalue weighted by atomic mass is 16.6. The SMILES string of the molecule is CC(C(=O)N(C)C)C(C[N+](=O)[O-])C(C)(C)C. The fourth-order valence-corrected chi connectivity index (χ4v) is 1.92. The smallest absolute Gasteiger partial charge is 0.225 e. The summed E-state index contributed by atoms with van der Waals surface area (Å²) in [6.07, 6.45) is 0. The normalized spacial score (nSPS) is 15.4. The van der Waals surface area contributed by atoms with Crippen molar-refractivity contribution >= 4 is 5.91 Å². The Morgan fingerprint density at radius 2 is 1.81 bits per heavy atom. The van der Waals surface area contributed by atoms with E-state index < -0.39 is 0 Å². The maximum Gasteiger partial charge on any atom is 0.225 e. The molecule has 0 radical (unpaired) electrons. The van der Waals surface area contributed by atoms with Crippen LogP contribution in [0.3, 0.4) is 0 Å². The van der Waals surface area contributed by atoms with Gasteiger partial charge in [0.05, 0.1) is 0 Å². The van der Waals surface area contributed by atoms with E-state index in [1.54, 1.807) is 21.0 Å². The van der Waals surface area contributed by atoms with Crippen LogP contribution in [0.25, 0.3) is 0 Å². The first-order valence-corrected chi connectivity index (χ1v) is 5.40. The molecule has 0 fully saturated rings. The molecule has 5 heteroatoms. The van der Waals surface area contributed by atoms with Crippen molar-refractivity contribution < 1.29 is 9.72 Å². The van der Waals surface area contributed by atoms with E-state index in [0.717, 1.165) is 0 Å². The second-order valence-electron chi connectivity index (χ2n) is 5.51. The molecule has 5 nitrogen and oxygen atoms in total. The van der Waals surface area contributed by atoms with Crippen molar-refractivity contribution in [1.82, 2.24) is 4.90 Å². The van der Waals surface area contributed by atoms with E-state index in [2.05, 4.69) is 0 Å². The molecule has 0 aromatic rings. The monoisotopic (exact) mass is 230 g/mol. The zero-order valence-corrected chi connectivity index (χ0v) is 11.0. The van der Waals surface area contributed by atoms with E-state index >= 15 is 0 Å². The molecule has 1 amide bonds. The predicted molar refractivity (Wildman–Crippen MR) is 62.7 cm³/mol. The Hall–Kier alpha value is -1.13. The summed E-state index contributed by atoms with van der Waals surface area (Å²) in [7, 11) is 3.34. The highest BCUT2D eigenvalue weighted by Crippen LogP contribution is 2.33. The van der Waals surface area contributed by atoms with Crippen molar-refractivity contribution in [2.45, 2.75) is 27.7 Å². The Labute approximate surface area is 97.0 Å². The van der Waals surface area contributed by atoms with Crippen LogP contribution in [0.1, 0.15) is 27.7 Å². The molecule has 0 aliphatic heterocycles. The molecule has 94 valence electrons. The van der Waals surface area contributed by atoms with Crippen molar-refractivity contribution in [1.29, 1.82) is 0 Å². The number of carbonyl (C=O) groups is 1. The zero-order chi connectivity index (χ0) is 13.1. The van der Waals surface area contributed by atoms with E-state index in [1.807, 2.05) is 20.8 Å². The molecule has 0 aliphatic rings. The van der Waals surface area contributed by atoms with Gasteiger partial charge in [-0.2, -0.15) is 0 Å². The molecule has 2 atom stereocenters. The third-order valence-electron chi connectivity index (χ3n) is 2.89. The highest BCUT2D eigenvalue weighted by molar-refractivity contribution is 5.78. The quantitative estimate of drug-likeness (QED) is 0.545. The Kier molecular flexibility index (Phi) is 4.90. The van der Waals surface area contributed by atoms with Crippen LogP contribution in [0, 0.1) is 27.4 Å². The highest BCUT2D eigenvalue weighted by Gasteiger charge is 2.37. The lowest BCUT2D eigenvalue weighted by atomic mass is 9.73. The first-order chi connectivity index (χ1) is 7.07. The van der Waals surface area contributed by atoms with Gasteiger partial charge in [-0.15, -0.1) is 0 Å². The van der Waals surface area contributed by atoms with Crippen molar-refractivity contribution in [3.05, 3.63) is 10.1 Å². The standard InChI is InChI=1S/C11H22N2O3/c1-8(10(14)12(5)6)9(7-13(15)16)11(2,3)4/h8-9H,7H2,1-6H3. The molecule has 0 aromatic heterocycles. The van der Waals surface area contributed by atoms with Crippen LogP contribution < -0.4 is 0 Å². The molecular formula is C11H22N2O3. The predicted octanol–water partition coefficient (Wildman–Crippen LogP) is 1.65. The van der Waals surface area contributed by atoms with Crippen LogP contribution in [0.15, 0.2) is 0 Å². The third-order valence-corrected chi connectivity index (χ3v) is 2.89. The largest absolute Gasteiger partial charge is 0.349 e. The fourth-order valence-electron chi connectivity index (χ4n) is 1.92. The number of nitro groups is 1. The molecule has 0 rings (SSSR count). The number of rotatable bonds is 4. The topological polar surface area (TPSA) is 63.5 Å². The molecule has 0 aromatic carbocycles. The number of amides is 1. The maximum atomic E-state index is 11.8. The Bertz CT molecular complexity index is 269. The van der Waals surface area contributed by atoms with Gasteiger partial charge in [0.1, 0.15) is 0 Å². The molecule has 0 N–H and O–H groups in total. The number of carbonyl (C=O) groups excluding carboxylic acids is 1. The average molecular weight is 230 g/mol. The summed E-state index contributed by atoms with van der Waals surface area (Å²) >= 11 is 0. The van der Waals surface area contributed by atoms with Crippen LogP contribution >= 0.6 is 0 Å². The molecule has 0 saturated carbocycles. The Morgan fingerprint density at radius 1 is 1.38 bits per heavy atom.